The fraction of sp³-hybridized carbons (Fsp3) is 0.182. The van der Waals surface area contributed by atoms with E-state index in [1.54, 1.807) is 6.92 Å². The van der Waals surface area contributed by atoms with E-state index in [2.05, 4.69) is 10.6 Å². The minimum Gasteiger partial charge on any atom is -0.344 e. The minimum atomic E-state index is -1.14. The van der Waals surface area contributed by atoms with Gasteiger partial charge in [0.1, 0.15) is 0 Å². The molecule has 0 unspecified atom stereocenters. The van der Waals surface area contributed by atoms with Crippen LogP contribution in [0.5, 0.6) is 0 Å². The Kier molecular flexibility index (Phi) is 2.15. The van der Waals surface area contributed by atoms with Crippen LogP contribution in [-0.2, 0) is 5.79 Å². The molecule has 0 bridgehead atoms. The van der Waals surface area contributed by atoms with Crippen molar-refractivity contribution < 1.29 is 0 Å². The summed E-state index contributed by atoms with van der Waals surface area (Å²) in [6.45, 7) is 1.63. The smallest absolute Gasteiger partial charge is 0.337 e. The van der Waals surface area contributed by atoms with Gasteiger partial charge in [-0.25, -0.2) is 19.0 Å². The second-order valence-corrected chi connectivity index (χ2v) is 4.39. The van der Waals surface area contributed by atoms with Crippen LogP contribution in [0.2, 0.25) is 0 Å². The first-order chi connectivity index (χ1) is 8.99. The van der Waals surface area contributed by atoms with E-state index < -0.39 is 22.9 Å². The van der Waals surface area contributed by atoms with Crippen LogP contribution in [0.15, 0.2) is 38.6 Å². The third-order valence-corrected chi connectivity index (χ3v) is 2.98. The van der Waals surface area contributed by atoms with Crippen molar-refractivity contribution in [3.63, 3.8) is 0 Å². The van der Waals surface area contributed by atoms with E-state index >= 15 is 0 Å². The zero-order chi connectivity index (χ0) is 13.6. The number of aromatic nitrogens is 3. The van der Waals surface area contributed by atoms with Crippen LogP contribution >= 0.6 is 0 Å². The van der Waals surface area contributed by atoms with Gasteiger partial charge in [0.15, 0.2) is 5.79 Å². The Balaban J connectivity index is 2.18. The fourth-order valence-corrected chi connectivity index (χ4v) is 2.20. The second kappa shape index (κ2) is 3.61. The van der Waals surface area contributed by atoms with Gasteiger partial charge in [-0.2, -0.15) is 0 Å². The molecule has 2 aromatic rings. The van der Waals surface area contributed by atoms with Gasteiger partial charge >= 0.3 is 17.1 Å². The lowest BCUT2D eigenvalue weighted by Crippen LogP contribution is -2.57. The summed E-state index contributed by atoms with van der Waals surface area (Å²) in [7, 11) is 0. The molecule has 8 heteroatoms. The van der Waals surface area contributed by atoms with Crippen molar-refractivity contribution in [3.8, 4) is 0 Å². The SMILES string of the molecule is CC1(n2c(=O)[nH]c(=O)[nH]c2=O)Nc2ccccc2N1. The van der Waals surface area contributed by atoms with Gasteiger partial charge in [-0.05, 0) is 19.1 Å². The molecule has 0 amide bonds. The summed E-state index contributed by atoms with van der Waals surface area (Å²) >= 11 is 0. The zero-order valence-corrected chi connectivity index (χ0v) is 9.98. The number of hydrogen-bond acceptors (Lipinski definition) is 5. The lowest BCUT2D eigenvalue weighted by molar-refractivity contribution is 0.395. The molecule has 1 aromatic heterocycles. The molecule has 1 aliphatic rings. The number of H-pyrrole nitrogens is 2. The molecular weight excluding hydrogens is 250 g/mol. The summed E-state index contributed by atoms with van der Waals surface area (Å²) in [6, 6.07) is 7.30. The fourth-order valence-electron chi connectivity index (χ4n) is 2.20. The van der Waals surface area contributed by atoms with Crippen LogP contribution in [0, 0.1) is 0 Å². The van der Waals surface area contributed by atoms with E-state index in [0.29, 0.717) is 0 Å². The Bertz CT molecular complexity index is 757. The van der Waals surface area contributed by atoms with Gasteiger partial charge in [-0.15, -0.1) is 0 Å². The molecule has 3 rings (SSSR count). The number of nitrogens with zero attached hydrogens (tertiary/aromatic N) is 1. The average molecular weight is 261 g/mol. The molecule has 19 heavy (non-hydrogen) atoms. The van der Waals surface area contributed by atoms with Gasteiger partial charge in [0.05, 0.1) is 11.4 Å². The molecule has 0 spiro atoms. The van der Waals surface area contributed by atoms with E-state index in [9.17, 15) is 14.4 Å². The zero-order valence-electron chi connectivity index (χ0n) is 9.98. The summed E-state index contributed by atoms with van der Waals surface area (Å²) in [5, 5.41) is 6.08. The van der Waals surface area contributed by atoms with E-state index in [0.717, 1.165) is 15.9 Å². The molecule has 98 valence electrons. The summed E-state index contributed by atoms with van der Waals surface area (Å²) in [5.74, 6) is -1.14. The third-order valence-electron chi connectivity index (χ3n) is 2.98. The van der Waals surface area contributed by atoms with E-state index in [4.69, 9.17) is 0 Å². The van der Waals surface area contributed by atoms with E-state index in [-0.39, 0.29) is 0 Å². The van der Waals surface area contributed by atoms with E-state index in [1.165, 1.54) is 0 Å². The highest BCUT2D eigenvalue weighted by Crippen LogP contribution is 2.34. The molecule has 4 N–H and O–H groups in total. The van der Waals surface area contributed by atoms with E-state index in [1.807, 2.05) is 34.2 Å². The third kappa shape index (κ3) is 1.65. The molecule has 8 nitrogen and oxygen atoms in total. The average Bonchev–Trinajstić information content (AvgIpc) is 2.63. The first-order valence-corrected chi connectivity index (χ1v) is 5.61. The van der Waals surface area contributed by atoms with Crippen molar-refractivity contribution in [2.24, 2.45) is 0 Å². The maximum Gasteiger partial charge on any atom is 0.337 e. The number of para-hydroxylation sites is 2. The van der Waals surface area contributed by atoms with Crippen molar-refractivity contribution in [1.29, 1.82) is 0 Å². The topological polar surface area (TPSA) is 112 Å². The maximum atomic E-state index is 11.8. The van der Waals surface area contributed by atoms with Crippen molar-refractivity contribution in [2.45, 2.75) is 12.7 Å². The number of aromatic amines is 2. The molecule has 0 atom stereocenters. The minimum absolute atomic E-state index is 0.766. The van der Waals surface area contributed by atoms with Crippen molar-refractivity contribution in [3.05, 3.63) is 55.7 Å². The highest BCUT2D eigenvalue weighted by Gasteiger charge is 2.35. The number of anilines is 2. The molecule has 2 heterocycles. The quantitative estimate of drug-likeness (QED) is 0.547. The van der Waals surface area contributed by atoms with Crippen molar-refractivity contribution >= 4 is 11.4 Å². The summed E-state index contributed by atoms with van der Waals surface area (Å²) < 4.78 is 0.883. The molecule has 0 saturated carbocycles. The standard InChI is InChI=1S/C11H11N5O3/c1-11(14-6-4-2-3-5-7(6)15-11)16-9(18)12-8(17)13-10(16)19/h2-5,14-15H,1H3,(H2,12,13,17,18,19). The predicted molar refractivity (Wildman–Crippen MR) is 69.3 cm³/mol. The van der Waals surface area contributed by atoms with Gasteiger partial charge in [0.25, 0.3) is 0 Å². The Hall–Kier alpha value is -2.77. The highest BCUT2D eigenvalue weighted by atomic mass is 16.2. The molecule has 0 aliphatic carbocycles. The van der Waals surface area contributed by atoms with Crippen molar-refractivity contribution in [2.75, 3.05) is 10.6 Å². The van der Waals surface area contributed by atoms with Crippen LogP contribution in [0.1, 0.15) is 6.92 Å². The van der Waals surface area contributed by atoms with Crippen LogP contribution in [0.3, 0.4) is 0 Å². The second-order valence-electron chi connectivity index (χ2n) is 4.39. The normalized spacial score (nSPS) is 15.4. The van der Waals surface area contributed by atoms with Crippen molar-refractivity contribution in [1.82, 2.24) is 14.5 Å². The largest absolute Gasteiger partial charge is 0.344 e. The summed E-state index contributed by atoms with van der Waals surface area (Å²) in [5.41, 5.74) is -0.872. The van der Waals surface area contributed by atoms with Crippen LogP contribution in [0.25, 0.3) is 0 Å². The number of fused-ring (bicyclic) bond motifs is 1. The van der Waals surface area contributed by atoms with Gasteiger partial charge in [-0.1, -0.05) is 12.1 Å². The van der Waals surface area contributed by atoms with Crippen LogP contribution in [-0.4, -0.2) is 14.5 Å². The molecular formula is C11H11N5O3. The summed E-state index contributed by atoms with van der Waals surface area (Å²) in [6.07, 6.45) is 0. The first-order valence-electron chi connectivity index (χ1n) is 5.61. The number of benzene rings is 1. The maximum absolute atomic E-state index is 11.8. The van der Waals surface area contributed by atoms with Gasteiger partial charge in [0, 0.05) is 0 Å². The lowest BCUT2D eigenvalue weighted by atomic mass is 10.3. The molecule has 1 aromatic carbocycles. The Morgan fingerprint density at radius 1 is 0.947 bits per heavy atom. The predicted octanol–water partition coefficient (Wildman–Crippen LogP) is -0.607. The van der Waals surface area contributed by atoms with Crippen LogP contribution < -0.4 is 27.7 Å². The molecule has 0 radical (unpaired) electrons. The molecule has 0 fully saturated rings. The Labute approximate surface area is 106 Å². The molecule has 1 aliphatic heterocycles. The van der Waals surface area contributed by atoms with Gasteiger partial charge < -0.3 is 10.6 Å². The Morgan fingerprint density at radius 2 is 1.42 bits per heavy atom. The lowest BCUT2D eigenvalue weighted by Gasteiger charge is -2.26. The Morgan fingerprint density at radius 3 is 1.89 bits per heavy atom. The number of hydrogen-bond donors (Lipinski definition) is 4. The first kappa shape index (κ1) is 11.3. The monoisotopic (exact) mass is 261 g/mol. The number of nitrogens with one attached hydrogen (secondary N) is 4. The molecule has 0 saturated heterocycles. The highest BCUT2D eigenvalue weighted by molar-refractivity contribution is 5.74. The summed E-state index contributed by atoms with van der Waals surface area (Å²) in [4.78, 5) is 38.7. The van der Waals surface area contributed by atoms with Gasteiger partial charge in [0.2, 0.25) is 0 Å². The van der Waals surface area contributed by atoms with Crippen LogP contribution in [0.4, 0.5) is 11.4 Å². The number of rotatable bonds is 1. The van der Waals surface area contributed by atoms with Gasteiger partial charge in [-0.3, -0.25) is 9.97 Å².